The summed E-state index contributed by atoms with van der Waals surface area (Å²) >= 11 is 0. The van der Waals surface area contributed by atoms with Crippen LogP contribution in [0.25, 0.3) is 0 Å². The molecule has 4 aliphatic heterocycles. The predicted octanol–water partition coefficient (Wildman–Crippen LogP) is 1.69. The Balaban J connectivity index is 1.72. The van der Waals surface area contributed by atoms with Crippen molar-refractivity contribution in [1.29, 1.82) is 0 Å². The van der Waals surface area contributed by atoms with Crippen LogP contribution in [0.4, 0.5) is 5.69 Å². The fourth-order valence-electron chi connectivity index (χ4n) is 6.71. The molecule has 0 radical (unpaired) electrons. The minimum Gasteiger partial charge on any atom is -0.468 e. The Morgan fingerprint density at radius 1 is 1.41 bits per heavy atom. The number of rotatable bonds is 2. The van der Waals surface area contributed by atoms with E-state index in [0.29, 0.717) is 18.4 Å². The standard InChI is InChI=1S/C21H26N2O4/c1-12(24)15-9-13-10-20(19(26)27-2)17(15)23(11-13)8-7-21(20)18(25)14-5-3-4-6-16(14)22-21/h3-6,12-13,15,17,22,24H,7-11H2,1-2H3/t12-,13+,15+,17-,20+,21+/m0/s1. The number of hydrogen-bond donors (Lipinski definition) is 2. The van der Waals surface area contributed by atoms with Crippen LogP contribution in [0.2, 0.25) is 0 Å². The summed E-state index contributed by atoms with van der Waals surface area (Å²) in [5.41, 5.74) is -0.505. The fourth-order valence-corrected chi connectivity index (χ4v) is 6.71. The van der Waals surface area contributed by atoms with E-state index in [1.807, 2.05) is 24.3 Å². The van der Waals surface area contributed by atoms with Crippen LogP contribution >= 0.6 is 0 Å². The molecule has 7 atom stereocenters. The molecule has 3 saturated heterocycles. The highest BCUT2D eigenvalue weighted by molar-refractivity contribution is 6.16. The maximum Gasteiger partial charge on any atom is 0.316 e. The van der Waals surface area contributed by atoms with Gasteiger partial charge in [0, 0.05) is 36.3 Å². The van der Waals surface area contributed by atoms with Crippen molar-refractivity contribution in [2.24, 2.45) is 17.3 Å². The molecule has 1 aliphatic carbocycles. The highest BCUT2D eigenvalue weighted by atomic mass is 16.5. The third kappa shape index (κ3) is 1.93. The van der Waals surface area contributed by atoms with Gasteiger partial charge in [-0.3, -0.25) is 14.5 Å². The second-order valence-electron chi connectivity index (χ2n) is 8.77. The molecule has 6 nitrogen and oxygen atoms in total. The van der Waals surface area contributed by atoms with Crippen LogP contribution in [0.3, 0.4) is 0 Å². The zero-order valence-corrected chi connectivity index (χ0v) is 15.8. The van der Waals surface area contributed by atoms with Gasteiger partial charge in [0.15, 0.2) is 5.78 Å². The van der Waals surface area contributed by atoms with E-state index in [1.54, 1.807) is 6.92 Å². The Hall–Kier alpha value is -1.92. The van der Waals surface area contributed by atoms with E-state index in [0.717, 1.165) is 25.2 Å². The number of esters is 1. The number of carbonyl (C=O) groups is 2. The van der Waals surface area contributed by atoms with Gasteiger partial charge < -0.3 is 15.2 Å². The molecule has 4 fully saturated rings. The van der Waals surface area contributed by atoms with Crippen molar-refractivity contribution < 1.29 is 19.4 Å². The van der Waals surface area contributed by atoms with Gasteiger partial charge in [-0.25, -0.2) is 0 Å². The number of ether oxygens (including phenoxy) is 1. The molecular formula is C21H26N2O4. The van der Waals surface area contributed by atoms with Gasteiger partial charge >= 0.3 is 5.97 Å². The number of aliphatic hydroxyl groups excluding tert-OH is 1. The first-order chi connectivity index (χ1) is 12.9. The number of benzene rings is 1. The number of nitrogens with one attached hydrogen (secondary N) is 1. The van der Waals surface area contributed by atoms with E-state index in [-0.39, 0.29) is 29.6 Å². The van der Waals surface area contributed by atoms with Gasteiger partial charge in [-0.1, -0.05) is 12.1 Å². The van der Waals surface area contributed by atoms with Crippen molar-refractivity contribution >= 4 is 17.4 Å². The molecule has 144 valence electrons. The molecule has 1 aromatic rings. The summed E-state index contributed by atoms with van der Waals surface area (Å²) in [6.45, 7) is 3.48. The molecule has 0 aromatic heterocycles. The van der Waals surface area contributed by atoms with Gasteiger partial charge in [0.05, 0.1) is 13.2 Å². The first-order valence-corrected chi connectivity index (χ1v) is 9.87. The number of para-hydroxylation sites is 1. The van der Waals surface area contributed by atoms with Gasteiger partial charge in [0.25, 0.3) is 0 Å². The fraction of sp³-hybridized carbons (Fsp3) is 0.619. The Kier molecular flexibility index (Phi) is 3.53. The average molecular weight is 370 g/mol. The van der Waals surface area contributed by atoms with Gasteiger partial charge in [-0.15, -0.1) is 0 Å². The summed E-state index contributed by atoms with van der Waals surface area (Å²) in [6, 6.07) is 7.33. The van der Waals surface area contributed by atoms with Gasteiger partial charge in [-0.05, 0) is 44.2 Å². The molecular weight excluding hydrogens is 344 g/mol. The Morgan fingerprint density at radius 3 is 2.89 bits per heavy atom. The van der Waals surface area contributed by atoms with Crippen LogP contribution in [-0.2, 0) is 9.53 Å². The van der Waals surface area contributed by atoms with Crippen LogP contribution in [0, 0.1) is 17.3 Å². The quantitative estimate of drug-likeness (QED) is 0.772. The maximum atomic E-state index is 13.7. The molecule has 6 heteroatoms. The number of carbonyl (C=O) groups excluding carboxylic acids is 2. The lowest BCUT2D eigenvalue weighted by Crippen LogP contribution is -2.80. The van der Waals surface area contributed by atoms with E-state index in [2.05, 4.69) is 10.2 Å². The molecule has 1 aromatic carbocycles. The number of nitrogens with zero attached hydrogens (tertiary/aromatic N) is 1. The molecule has 1 spiro atoms. The number of piperidine rings is 3. The lowest BCUT2D eigenvalue weighted by molar-refractivity contribution is -0.200. The van der Waals surface area contributed by atoms with Crippen molar-refractivity contribution in [1.82, 2.24) is 4.90 Å². The van der Waals surface area contributed by atoms with E-state index in [4.69, 9.17) is 4.74 Å². The van der Waals surface area contributed by atoms with Gasteiger partial charge in [0.1, 0.15) is 11.0 Å². The van der Waals surface area contributed by atoms with Crippen molar-refractivity contribution in [3.63, 3.8) is 0 Å². The predicted molar refractivity (Wildman–Crippen MR) is 99.4 cm³/mol. The lowest BCUT2D eigenvalue weighted by Gasteiger charge is -2.67. The van der Waals surface area contributed by atoms with E-state index >= 15 is 0 Å². The molecule has 1 unspecified atom stereocenters. The van der Waals surface area contributed by atoms with E-state index in [1.165, 1.54) is 7.11 Å². The first-order valence-electron chi connectivity index (χ1n) is 9.87. The Bertz CT molecular complexity index is 824. The topological polar surface area (TPSA) is 78.9 Å². The Morgan fingerprint density at radius 2 is 2.19 bits per heavy atom. The van der Waals surface area contributed by atoms with Crippen molar-refractivity contribution in [3.8, 4) is 0 Å². The van der Waals surface area contributed by atoms with Gasteiger partial charge in [-0.2, -0.15) is 0 Å². The van der Waals surface area contributed by atoms with Crippen molar-refractivity contribution in [2.45, 2.75) is 43.9 Å². The molecule has 5 aliphatic rings. The summed E-state index contributed by atoms with van der Waals surface area (Å²) < 4.78 is 5.34. The number of methoxy groups -OCH3 is 1. The molecule has 6 rings (SSSR count). The number of anilines is 1. The summed E-state index contributed by atoms with van der Waals surface area (Å²) in [7, 11) is 1.41. The Labute approximate surface area is 158 Å². The minimum absolute atomic E-state index is 0.0000397. The van der Waals surface area contributed by atoms with E-state index < -0.39 is 17.1 Å². The number of fused-ring (bicyclic) bond motifs is 2. The van der Waals surface area contributed by atoms with Crippen LogP contribution in [0.5, 0.6) is 0 Å². The smallest absolute Gasteiger partial charge is 0.316 e. The van der Waals surface area contributed by atoms with E-state index in [9.17, 15) is 14.7 Å². The zero-order valence-electron chi connectivity index (χ0n) is 15.8. The molecule has 2 N–H and O–H groups in total. The molecule has 1 saturated carbocycles. The number of hydrogen-bond acceptors (Lipinski definition) is 6. The number of aliphatic hydroxyl groups is 1. The van der Waals surface area contributed by atoms with Gasteiger partial charge in [0.2, 0.25) is 0 Å². The summed E-state index contributed by atoms with van der Waals surface area (Å²) in [5.74, 6) is -0.0720. The SMILES string of the molecule is COC(=O)[C@@]12C[C@H]3C[C@H]([C@H](C)O)[C@@H]1N(CC[C@]21Nc2ccccc2C1=O)C3. The second kappa shape index (κ2) is 5.55. The largest absolute Gasteiger partial charge is 0.468 e. The normalized spacial score (nSPS) is 42.6. The van der Waals surface area contributed by atoms with Crippen LogP contribution in [0.15, 0.2) is 24.3 Å². The van der Waals surface area contributed by atoms with Crippen LogP contribution in [-0.4, -0.2) is 59.6 Å². The molecule has 4 bridgehead atoms. The average Bonchev–Trinajstić information content (AvgIpc) is 2.97. The number of Topliss-reactive ketones (excluding diaryl/α,β-unsaturated/α-hetero) is 1. The first kappa shape index (κ1) is 17.2. The van der Waals surface area contributed by atoms with Crippen LogP contribution in [0.1, 0.15) is 36.5 Å². The maximum absolute atomic E-state index is 13.7. The monoisotopic (exact) mass is 370 g/mol. The molecule has 27 heavy (non-hydrogen) atoms. The third-order valence-corrected chi connectivity index (χ3v) is 7.62. The zero-order chi connectivity index (χ0) is 19.0. The highest BCUT2D eigenvalue weighted by Gasteiger charge is 2.75. The third-order valence-electron chi connectivity index (χ3n) is 7.62. The molecule has 4 heterocycles. The molecule has 0 amide bonds. The highest BCUT2D eigenvalue weighted by Crippen LogP contribution is 2.62. The second-order valence-corrected chi connectivity index (χ2v) is 8.77. The minimum atomic E-state index is -0.989. The van der Waals surface area contributed by atoms with Crippen molar-refractivity contribution in [2.75, 3.05) is 25.5 Å². The lowest BCUT2D eigenvalue weighted by atomic mass is 9.47. The summed E-state index contributed by atoms with van der Waals surface area (Å²) in [5, 5.41) is 14.0. The number of ketones is 1. The van der Waals surface area contributed by atoms with Crippen LogP contribution < -0.4 is 5.32 Å². The summed E-state index contributed by atoms with van der Waals surface area (Å²) in [4.78, 5) is 29.4. The van der Waals surface area contributed by atoms with Crippen molar-refractivity contribution in [3.05, 3.63) is 29.8 Å². The summed E-state index contributed by atoms with van der Waals surface area (Å²) in [6.07, 6.45) is 1.58.